The first-order valence-electron chi connectivity index (χ1n) is 6.29. The number of thioether (sulfide) groups is 1. The fourth-order valence-electron chi connectivity index (χ4n) is 1.56. The van der Waals surface area contributed by atoms with Crippen molar-refractivity contribution in [3.05, 3.63) is 35.4 Å². The minimum Gasteiger partial charge on any atom is -0.389 e. The summed E-state index contributed by atoms with van der Waals surface area (Å²) in [6, 6.07) is 8.01. The number of carbonyl (C=O) groups excluding carboxylic acids is 1. The van der Waals surface area contributed by atoms with Gasteiger partial charge < -0.3 is 11.1 Å². The Morgan fingerprint density at radius 2 is 2.16 bits per heavy atom. The molecule has 104 valence electrons. The van der Waals surface area contributed by atoms with Crippen LogP contribution in [0.3, 0.4) is 0 Å². The summed E-state index contributed by atoms with van der Waals surface area (Å²) in [7, 11) is 0. The topological polar surface area (TPSA) is 55.1 Å². The molecule has 0 aliphatic rings. The number of rotatable bonds is 7. The molecule has 1 atom stereocenters. The molecule has 0 bridgehead atoms. The highest BCUT2D eigenvalue weighted by Gasteiger charge is 2.08. The van der Waals surface area contributed by atoms with Crippen molar-refractivity contribution in [1.29, 1.82) is 0 Å². The number of benzene rings is 1. The number of nitrogens with two attached hydrogens (primary N) is 1. The summed E-state index contributed by atoms with van der Waals surface area (Å²) in [5, 5.41) is 2.94. The van der Waals surface area contributed by atoms with E-state index in [0.29, 0.717) is 10.7 Å². The molecule has 1 rings (SSSR count). The Kier molecular flexibility index (Phi) is 6.87. The number of nitrogens with one attached hydrogen (secondary N) is 1. The summed E-state index contributed by atoms with van der Waals surface area (Å²) in [5.74, 6) is 1.27. The third-order valence-electron chi connectivity index (χ3n) is 2.79. The van der Waals surface area contributed by atoms with Gasteiger partial charge in [0.15, 0.2) is 0 Å². The van der Waals surface area contributed by atoms with Crippen molar-refractivity contribution in [2.45, 2.75) is 32.1 Å². The Bertz CT molecular complexity index is 449. The van der Waals surface area contributed by atoms with Gasteiger partial charge >= 0.3 is 0 Å². The van der Waals surface area contributed by atoms with Crippen molar-refractivity contribution in [3.8, 4) is 0 Å². The highest BCUT2D eigenvalue weighted by molar-refractivity contribution is 7.99. The zero-order chi connectivity index (χ0) is 14.3. The second-order valence-electron chi connectivity index (χ2n) is 4.39. The average Bonchev–Trinajstić information content (AvgIpc) is 2.38. The average molecular weight is 296 g/mol. The van der Waals surface area contributed by atoms with E-state index in [1.54, 1.807) is 11.8 Å². The van der Waals surface area contributed by atoms with Crippen LogP contribution in [0.5, 0.6) is 0 Å². The van der Waals surface area contributed by atoms with Crippen LogP contribution in [0.15, 0.2) is 24.3 Å². The lowest BCUT2D eigenvalue weighted by Gasteiger charge is -2.11. The molecule has 0 saturated heterocycles. The second-order valence-corrected chi connectivity index (χ2v) is 5.82. The van der Waals surface area contributed by atoms with Gasteiger partial charge in [-0.3, -0.25) is 4.79 Å². The molecular weight excluding hydrogens is 276 g/mol. The van der Waals surface area contributed by atoms with E-state index in [1.807, 2.05) is 31.2 Å². The molecule has 19 heavy (non-hydrogen) atoms. The quantitative estimate of drug-likeness (QED) is 0.759. The normalized spacial score (nSPS) is 11.9. The molecular formula is C14H20N2OS2. The van der Waals surface area contributed by atoms with Gasteiger partial charge in [0.05, 0.1) is 5.75 Å². The summed E-state index contributed by atoms with van der Waals surface area (Å²) in [6.07, 6.45) is 0.945. The number of hydrogen-bond acceptors (Lipinski definition) is 3. The lowest BCUT2D eigenvalue weighted by atomic mass is 10.1. The Morgan fingerprint density at radius 1 is 1.47 bits per heavy atom. The number of carbonyl (C=O) groups is 1. The molecule has 5 heteroatoms. The summed E-state index contributed by atoms with van der Waals surface area (Å²) >= 11 is 6.58. The van der Waals surface area contributed by atoms with E-state index >= 15 is 0 Å². The molecule has 3 N–H and O–H groups in total. The van der Waals surface area contributed by atoms with Crippen LogP contribution >= 0.6 is 24.0 Å². The van der Waals surface area contributed by atoms with Gasteiger partial charge in [0.2, 0.25) is 5.91 Å². The van der Waals surface area contributed by atoms with E-state index in [-0.39, 0.29) is 11.9 Å². The third kappa shape index (κ3) is 5.61. The molecule has 0 fully saturated rings. The summed E-state index contributed by atoms with van der Waals surface area (Å²) < 4.78 is 0. The van der Waals surface area contributed by atoms with Crippen LogP contribution in [-0.4, -0.2) is 22.7 Å². The van der Waals surface area contributed by atoms with E-state index < -0.39 is 0 Å². The van der Waals surface area contributed by atoms with Crippen LogP contribution in [-0.2, 0) is 10.5 Å². The van der Waals surface area contributed by atoms with E-state index in [4.69, 9.17) is 18.0 Å². The van der Waals surface area contributed by atoms with Gasteiger partial charge in [0, 0.05) is 17.4 Å². The maximum atomic E-state index is 11.6. The van der Waals surface area contributed by atoms with Crippen molar-refractivity contribution in [1.82, 2.24) is 5.32 Å². The van der Waals surface area contributed by atoms with Gasteiger partial charge in [0.25, 0.3) is 0 Å². The van der Waals surface area contributed by atoms with Gasteiger partial charge in [-0.1, -0.05) is 43.4 Å². The monoisotopic (exact) mass is 296 g/mol. The first-order valence-corrected chi connectivity index (χ1v) is 7.85. The van der Waals surface area contributed by atoms with Crippen LogP contribution in [0.25, 0.3) is 0 Å². The minimum atomic E-state index is 0.0761. The Hall–Kier alpha value is -1.07. The van der Waals surface area contributed by atoms with Crippen molar-refractivity contribution in [2.24, 2.45) is 5.73 Å². The van der Waals surface area contributed by atoms with Crippen LogP contribution in [0.1, 0.15) is 31.4 Å². The van der Waals surface area contributed by atoms with E-state index in [2.05, 4.69) is 12.2 Å². The largest absolute Gasteiger partial charge is 0.389 e. The van der Waals surface area contributed by atoms with Gasteiger partial charge in [-0.05, 0) is 18.9 Å². The molecule has 1 amide bonds. The Morgan fingerprint density at radius 3 is 2.79 bits per heavy atom. The standard InChI is InChI=1S/C14H20N2OS2/c1-3-10(2)16-13(17)9-19-8-11-6-4-5-7-12(11)14(15)18/h4-7,10H,3,8-9H2,1-2H3,(H2,15,18)(H,16,17). The highest BCUT2D eigenvalue weighted by Crippen LogP contribution is 2.16. The number of thiocarbonyl (C=S) groups is 1. The van der Waals surface area contributed by atoms with Crippen molar-refractivity contribution >= 4 is 34.9 Å². The summed E-state index contributed by atoms with van der Waals surface area (Å²) in [6.45, 7) is 4.06. The molecule has 0 radical (unpaired) electrons. The van der Waals surface area contributed by atoms with Crippen LogP contribution in [0.4, 0.5) is 0 Å². The van der Waals surface area contributed by atoms with Gasteiger partial charge in [-0.15, -0.1) is 11.8 Å². The third-order valence-corrected chi connectivity index (χ3v) is 3.99. The molecule has 0 aliphatic carbocycles. The minimum absolute atomic E-state index is 0.0761. The SMILES string of the molecule is CCC(C)NC(=O)CSCc1ccccc1C(N)=S. The van der Waals surface area contributed by atoms with E-state index in [1.165, 1.54) is 0 Å². The predicted molar refractivity (Wildman–Crippen MR) is 86.4 cm³/mol. The molecule has 0 heterocycles. The van der Waals surface area contributed by atoms with Crippen LogP contribution in [0.2, 0.25) is 0 Å². The lowest BCUT2D eigenvalue weighted by Crippen LogP contribution is -2.33. The Labute approximate surface area is 124 Å². The second kappa shape index (κ2) is 8.17. The van der Waals surface area contributed by atoms with Crippen LogP contribution in [0, 0.1) is 0 Å². The van der Waals surface area contributed by atoms with E-state index in [9.17, 15) is 4.79 Å². The summed E-state index contributed by atoms with van der Waals surface area (Å²) in [4.78, 5) is 12.0. The van der Waals surface area contributed by atoms with Gasteiger partial charge in [0.1, 0.15) is 4.99 Å². The van der Waals surface area contributed by atoms with Crippen LogP contribution < -0.4 is 11.1 Å². The maximum Gasteiger partial charge on any atom is 0.230 e. The van der Waals surface area contributed by atoms with E-state index in [0.717, 1.165) is 23.3 Å². The molecule has 0 spiro atoms. The highest BCUT2D eigenvalue weighted by atomic mass is 32.2. The number of amides is 1. The molecule has 0 saturated carbocycles. The Balaban J connectivity index is 2.45. The first kappa shape index (κ1) is 16.0. The lowest BCUT2D eigenvalue weighted by molar-refractivity contribution is -0.119. The molecule has 1 aromatic carbocycles. The fourth-order valence-corrected chi connectivity index (χ4v) is 2.60. The first-order chi connectivity index (χ1) is 9.04. The zero-order valence-corrected chi connectivity index (χ0v) is 12.9. The predicted octanol–water partition coefficient (Wildman–Crippen LogP) is 2.47. The van der Waals surface area contributed by atoms with Crippen molar-refractivity contribution < 1.29 is 4.79 Å². The molecule has 0 aromatic heterocycles. The molecule has 1 unspecified atom stereocenters. The summed E-state index contributed by atoms with van der Waals surface area (Å²) in [5.41, 5.74) is 7.65. The zero-order valence-electron chi connectivity index (χ0n) is 11.3. The molecule has 1 aromatic rings. The molecule has 0 aliphatic heterocycles. The van der Waals surface area contributed by atoms with Gasteiger partial charge in [-0.25, -0.2) is 0 Å². The molecule has 3 nitrogen and oxygen atoms in total. The van der Waals surface area contributed by atoms with Crippen molar-refractivity contribution in [3.63, 3.8) is 0 Å². The number of hydrogen-bond donors (Lipinski definition) is 2. The fraction of sp³-hybridized carbons (Fsp3) is 0.429. The maximum absolute atomic E-state index is 11.6. The van der Waals surface area contributed by atoms with Crippen molar-refractivity contribution in [2.75, 3.05) is 5.75 Å². The smallest absolute Gasteiger partial charge is 0.230 e. The van der Waals surface area contributed by atoms with Gasteiger partial charge in [-0.2, -0.15) is 0 Å².